The van der Waals surface area contributed by atoms with Crippen molar-refractivity contribution in [3.63, 3.8) is 0 Å². The Hall–Kier alpha value is -3.22. The summed E-state index contributed by atoms with van der Waals surface area (Å²) in [5.41, 5.74) is 1.25. The van der Waals surface area contributed by atoms with Gasteiger partial charge < -0.3 is 9.72 Å². The number of likely N-dealkylation sites (tertiary alicyclic amines) is 1. The second kappa shape index (κ2) is 7.07. The first-order valence-electron chi connectivity index (χ1n) is 9.27. The summed E-state index contributed by atoms with van der Waals surface area (Å²) in [6, 6.07) is 7.34. The molecule has 1 fully saturated rings. The zero-order valence-electron chi connectivity index (χ0n) is 15.4. The number of Topliss-reactive ketones (excluding diaryl/α,β-unsaturated/α-hetero) is 1. The quantitative estimate of drug-likeness (QED) is 0.371. The number of aromatic amines is 1. The van der Waals surface area contributed by atoms with Crippen molar-refractivity contribution < 1.29 is 23.9 Å². The van der Waals surface area contributed by atoms with Gasteiger partial charge in [-0.05, 0) is 25.8 Å². The second-order valence-electron chi connectivity index (χ2n) is 7.16. The molecule has 28 heavy (non-hydrogen) atoms. The number of allylic oxidation sites excluding steroid dienone is 2. The fraction of sp³-hybridized carbons (Fsp3) is 0.333. The van der Waals surface area contributed by atoms with Crippen LogP contribution in [0.15, 0.2) is 42.6 Å². The van der Waals surface area contributed by atoms with E-state index in [-0.39, 0.29) is 17.6 Å². The Morgan fingerprint density at radius 2 is 1.79 bits per heavy atom. The van der Waals surface area contributed by atoms with E-state index in [0.29, 0.717) is 18.4 Å². The molecule has 7 nitrogen and oxygen atoms in total. The topological polar surface area (TPSA) is 96.5 Å². The van der Waals surface area contributed by atoms with Gasteiger partial charge in [-0.3, -0.25) is 24.1 Å². The molecule has 1 N–H and O–H groups in total. The average Bonchev–Trinajstić information content (AvgIpc) is 3.23. The SMILES string of the molecule is CC(OC(=O)CN1C(=O)C2CC=CCC2C1=O)C(=O)c1c[nH]c2ccccc12. The molecule has 1 saturated heterocycles. The molecule has 2 amide bonds. The first kappa shape index (κ1) is 18.2. The van der Waals surface area contributed by atoms with E-state index in [1.54, 1.807) is 6.20 Å². The van der Waals surface area contributed by atoms with Crippen LogP contribution in [0.1, 0.15) is 30.1 Å². The zero-order chi connectivity index (χ0) is 19.8. The van der Waals surface area contributed by atoms with Gasteiger partial charge in [-0.2, -0.15) is 0 Å². The van der Waals surface area contributed by atoms with Crippen LogP contribution in [0.4, 0.5) is 0 Å². The fourth-order valence-electron chi connectivity index (χ4n) is 3.94. The van der Waals surface area contributed by atoms with Crippen LogP contribution in [0.25, 0.3) is 10.9 Å². The molecule has 0 bridgehead atoms. The van der Waals surface area contributed by atoms with E-state index in [1.165, 1.54) is 6.92 Å². The average molecular weight is 380 g/mol. The normalized spacial score (nSPS) is 22.4. The molecule has 1 aromatic carbocycles. The Labute approximate surface area is 161 Å². The van der Waals surface area contributed by atoms with Gasteiger partial charge in [0, 0.05) is 22.7 Å². The molecule has 0 saturated carbocycles. The first-order chi connectivity index (χ1) is 13.5. The number of rotatable bonds is 5. The van der Waals surface area contributed by atoms with Crippen molar-refractivity contribution in [3.8, 4) is 0 Å². The van der Waals surface area contributed by atoms with Crippen LogP contribution in [0.2, 0.25) is 0 Å². The van der Waals surface area contributed by atoms with Crippen molar-refractivity contribution >= 4 is 34.5 Å². The van der Waals surface area contributed by atoms with Crippen LogP contribution in [0.5, 0.6) is 0 Å². The maximum Gasteiger partial charge on any atom is 0.326 e. The molecule has 4 rings (SSSR count). The minimum atomic E-state index is -1.02. The van der Waals surface area contributed by atoms with E-state index in [0.717, 1.165) is 15.8 Å². The lowest BCUT2D eigenvalue weighted by molar-refractivity contribution is -0.154. The van der Waals surface area contributed by atoms with Crippen LogP contribution in [0, 0.1) is 11.8 Å². The lowest BCUT2D eigenvalue weighted by Crippen LogP contribution is -2.38. The highest BCUT2D eigenvalue weighted by molar-refractivity contribution is 6.10. The number of carbonyl (C=O) groups excluding carboxylic acids is 4. The third-order valence-electron chi connectivity index (χ3n) is 5.42. The summed E-state index contributed by atoms with van der Waals surface area (Å²) in [4.78, 5) is 53.8. The van der Waals surface area contributed by atoms with Crippen molar-refractivity contribution in [1.29, 1.82) is 0 Å². The molecular formula is C21H20N2O5. The number of ether oxygens (including phenoxy) is 1. The van der Waals surface area contributed by atoms with E-state index in [1.807, 2.05) is 36.4 Å². The summed E-state index contributed by atoms with van der Waals surface area (Å²) in [5, 5.41) is 0.747. The van der Waals surface area contributed by atoms with Crippen LogP contribution >= 0.6 is 0 Å². The number of nitrogens with zero attached hydrogens (tertiary/aromatic N) is 1. The van der Waals surface area contributed by atoms with Gasteiger partial charge >= 0.3 is 5.97 Å². The molecular weight excluding hydrogens is 360 g/mol. The number of aromatic nitrogens is 1. The third kappa shape index (κ3) is 3.02. The highest BCUT2D eigenvalue weighted by Gasteiger charge is 2.47. The lowest BCUT2D eigenvalue weighted by Gasteiger charge is -2.16. The monoisotopic (exact) mass is 380 g/mol. The van der Waals surface area contributed by atoms with Gasteiger partial charge in [0.25, 0.3) is 0 Å². The van der Waals surface area contributed by atoms with Crippen molar-refractivity contribution in [2.45, 2.75) is 25.9 Å². The van der Waals surface area contributed by atoms with Crippen molar-refractivity contribution in [3.05, 3.63) is 48.2 Å². The summed E-state index contributed by atoms with van der Waals surface area (Å²) in [5.74, 6) is -2.58. The van der Waals surface area contributed by atoms with Crippen molar-refractivity contribution in [2.75, 3.05) is 6.54 Å². The third-order valence-corrected chi connectivity index (χ3v) is 5.42. The summed E-state index contributed by atoms with van der Waals surface area (Å²) in [6.45, 7) is 1.02. The number of hydrogen-bond donors (Lipinski definition) is 1. The number of imide groups is 1. The van der Waals surface area contributed by atoms with Crippen molar-refractivity contribution in [2.24, 2.45) is 11.8 Å². The molecule has 0 radical (unpaired) electrons. The molecule has 2 aliphatic rings. The number of amides is 2. The Bertz CT molecular complexity index is 979. The van der Waals surface area contributed by atoms with Crippen molar-refractivity contribution in [1.82, 2.24) is 9.88 Å². The number of esters is 1. The van der Waals surface area contributed by atoms with Gasteiger partial charge in [0.2, 0.25) is 17.6 Å². The van der Waals surface area contributed by atoms with Gasteiger partial charge in [-0.15, -0.1) is 0 Å². The molecule has 144 valence electrons. The highest BCUT2D eigenvalue weighted by atomic mass is 16.5. The summed E-state index contributed by atoms with van der Waals surface area (Å²) in [7, 11) is 0. The number of fused-ring (bicyclic) bond motifs is 2. The summed E-state index contributed by atoms with van der Waals surface area (Å²) < 4.78 is 5.23. The van der Waals surface area contributed by atoms with E-state index < -0.39 is 30.5 Å². The Morgan fingerprint density at radius 1 is 1.14 bits per heavy atom. The molecule has 1 aliphatic carbocycles. The predicted molar refractivity (Wildman–Crippen MR) is 100 cm³/mol. The smallest absolute Gasteiger partial charge is 0.326 e. The number of nitrogens with one attached hydrogen (secondary N) is 1. The lowest BCUT2D eigenvalue weighted by atomic mass is 9.85. The van der Waals surface area contributed by atoms with Gasteiger partial charge in [0.15, 0.2) is 6.10 Å². The van der Waals surface area contributed by atoms with Gasteiger partial charge in [-0.25, -0.2) is 0 Å². The molecule has 3 unspecified atom stereocenters. The van der Waals surface area contributed by atoms with Gasteiger partial charge in [-0.1, -0.05) is 30.4 Å². The van der Waals surface area contributed by atoms with E-state index in [9.17, 15) is 19.2 Å². The molecule has 7 heteroatoms. The minimum Gasteiger partial charge on any atom is -0.453 e. The molecule has 1 aliphatic heterocycles. The zero-order valence-corrected chi connectivity index (χ0v) is 15.4. The Morgan fingerprint density at radius 3 is 2.46 bits per heavy atom. The maximum atomic E-state index is 12.7. The van der Waals surface area contributed by atoms with Gasteiger partial charge in [0.05, 0.1) is 11.8 Å². The number of benzene rings is 1. The van der Waals surface area contributed by atoms with E-state index in [2.05, 4.69) is 4.98 Å². The molecule has 1 aromatic heterocycles. The minimum absolute atomic E-state index is 0.341. The standard InChI is InChI=1S/C21H20N2O5/c1-12(19(25)16-10-22-17-9-5-4-6-13(16)17)28-18(24)11-23-20(26)14-7-2-3-8-15(14)21(23)27/h2-6,9-10,12,14-15,22H,7-8,11H2,1H3. The molecule has 3 atom stereocenters. The first-order valence-corrected chi connectivity index (χ1v) is 9.27. The molecule has 2 aromatic rings. The number of ketones is 1. The maximum absolute atomic E-state index is 12.7. The van der Waals surface area contributed by atoms with Crippen LogP contribution < -0.4 is 0 Å². The summed E-state index contributed by atoms with van der Waals surface area (Å²) in [6.07, 6.45) is 5.35. The van der Waals surface area contributed by atoms with Crippen LogP contribution in [-0.2, 0) is 19.1 Å². The van der Waals surface area contributed by atoms with Gasteiger partial charge in [0.1, 0.15) is 6.54 Å². The number of H-pyrrole nitrogens is 1. The number of carbonyl (C=O) groups is 4. The van der Waals surface area contributed by atoms with E-state index in [4.69, 9.17) is 4.74 Å². The second-order valence-corrected chi connectivity index (χ2v) is 7.16. The largest absolute Gasteiger partial charge is 0.453 e. The molecule has 0 spiro atoms. The number of hydrogen-bond acceptors (Lipinski definition) is 5. The highest BCUT2D eigenvalue weighted by Crippen LogP contribution is 2.34. The van der Waals surface area contributed by atoms with Crippen LogP contribution in [0.3, 0.4) is 0 Å². The van der Waals surface area contributed by atoms with Crippen LogP contribution in [-0.4, -0.2) is 46.1 Å². The summed E-state index contributed by atoms with van der Waals surface area (Å²) >= 11 is 0. The Balaban J connectivity index is 1.41. The Kier molecular flexibility index (Phi) is 4.58. The fourth-order valence-corrected chi connectivity index (χ4v) is 3.94. The number of para-hydroxylation sites is 1. The molecule has 2 heterocycles. The predicted octanol–water partition coefficient (Wildman–Crippen LogP) is 2.23. The van der Waals surface area contributed by atoms with E-state index >= 15 is 0 Å².